The van der Waals surface area contributed by atoms with Gasteiger partial charge in [-0.15, -0.1) is 0 Å². The molecule has 1 atom stereocenters. The van der Waals surface area contributed by atoms with E-state index in [0.717, 1.165) is 36.4 Å². The Labute approximate surface area is 185 Å². The summed E-state index contributed by atoms with van der Waals surface area (Å²) in [6, 6.07) is 10.5. The van der Waals surface area contributed by atoms with Gasteiger partial charge in [0.25, 0.3) is 5.91 Å². The van der Waals surface area contributed by atoms with Crippen LogP contribution in [0.3, 0.4) is 0 Å². The Balaban J connectivity index is 1.54. The smallest absolute Gasteiger partial charge is 0.258 e. The largest absolute Gasteiger partial charge is 0.493 e. The fourth-order valence-corrected chi connectivity index (χ4v) is 4.09. The molecule has 1 N–H and O–H groups in total. The molecular weight excluding hydrogens is 414 g/mol. The fraction of sp³-hybridized carbons (Fsp3) is 0.333. The molecule has 1 saturated heterocycles. The zero-order valence-corrected chi connectivity index (χ0v) is 18.1. The number of hydrogen-bond donors (Lipinski definition) is 1. The van der Waals surface area contributed by atoms with Crippen molar-refractivity contribution in [3.05, 3.63) is 65.9 Å². The number of anilines is 1. The number of rotatable bonds is 7. The average Bonchev–Trinajstić information content (AvgIpc) is 3.36. The number of halogens is 2. The molecule has 0 radical (unpaired) electrons. The zero-order valence-electron chi connectivity index (χ0n) is 18.1. The van der Waals surface area contributed by atoms with Crippen LogP contribution in [-0.2, 0) is 7.05 Å². The van der Waals surface area contributed by atoms with Gasteiger partial charge in [-0.3, -0.25) is 9.48 Å². The van der Waals surface area contributed by atoms with Crippen LogP contribution in [0, 0.1) is 11.6 Å². The highest BCUT2D eigenvalue weighted by molar-refractivity contribution is 6.04. The summed E-state index contributed by atoms with van der Waals surface area (Å²) in [5.41, 5.74) is 1.83. The summed E-state index contributed by atoms with van der Waals surface area (Å²) in [5, 5.41) is 6.91. The predicted molar refractivity (Wildman–Crippen MR) is 119 cm³/mol. The molecular formula is C24H26F2N4O2. The Morgan fingerprint density at radius 1 is 1.19 bits per heavy atom. The molecule has 2 aromatic carbocycles. The Kier molecular flexibility index (Phi) is 6.50. The average molecular weight is 440 g/mol. The lowest BCUT2D eigenvalue weighted by Crippen LogP contribution is -2.26. The number of hydrogen-bond acceptors (Lipinski definition) is 4. The molecule has 1 aromatic heterocycles. The van der Waals surface area contributed by atoms with Gasteiger partial charge in [-0.25, -0.2) is 8.78 Å². The molecule has 0 saturated carbocycles. The molecule has 3 aromatic rings. The quantitative estimate of drug-likeness (QED) is 0.589. The van der Waals surface area contributed by atoms with Crippen LogP contribution < -0.4 is 10.1 Å². The maximum Gasteiger partial charge on any atom is 0.258 e. The third-order valence-corrected chi connectivity index (χ3v) is 5.89. The molecule has 1 fully saturated rings. The molecule has 2 heterocycles. The summed E-state index contributed by atoms with van der Waals surface area (Å²) in [5.74, 6) is -1.62. The van der Waals surface area contributed by atoms with Gasteiger partial charge in [0.2, 0.25) is 0 Å². The van der Waals surface area contributed by atoms with Crippen molar-refractivity contribution in [2.45, 2.75) is 25.3 Å². The molecule has 4 rings (SSSR count). The van der Waals surface area contributed by atoms with Crippen LogP contribution in [-0.4, -0.2) is 46.8 Å². The van der Waals surface area contributed by atoms with Gasteiger partial charge in [0.05, 0.1) is 17.9 Å². The zero-order chi connectivity index (χ0) is 22.7. The van der Waals surface area contributed by atoms with Crippen molar-refractivity contribution in [3.63, 3.8) is 0 Å². The number of carbonyl (C=O) groups excluding carboxylic acids is 1. The summed E-state index contributed by atoms with van der Waals surface area (Å²) in [6.07, 6.45) is 5.01. The number of benzene rings is 2. The molecule has 0 bridgehead atoms. The summed E-state index contributed by atoms with van der Waals surface area (Å²) in [6.45, 7) is 1.69. The fourth-order valence-electron chi connectivity index (χ4n) is 4.09. The molecule has 32 heavy (non-hydrogen) atoms. The number of likely N-dealkylation sites (tertiary alicyclic amines) is 1. The highest BCUT2D eigenvalue weighted by Crippen LogP contribution is 2.33. The molecule has 0 aliphatic carbocycles. The first-order valence-electron chi connectivity index (χ1n) is 10.6. The standard InChI is InChI=1S/C24H26F2N4O2/c1-29-12-3-4-18(29)10-13-32-23-8-6-17(15-20(23)22-9-11-27-30(22)2)28-24(31)19-7-5-16(25)14-21(19)26/h5-9,11,14-15,18H,3-4,10,12-13H2,1-2H3,(H,28,31). The van der Waals surface area contributed by atoms with E-state index in [1.165, 1.54) is 12.8 Å². The molecule has 168 valence electrons. The third-order valence-electron chi connectivity index (χ3n) is 5.89. The number of ether oxygens (including phenoxy) is 1. The van der Waals surface area contributed by atoms with Gasteiger partial charge in [-0.1, -0.05) is 0 Å². The van der Waals surface area contributed by atoms with Crippen molar-refractivity contribution in [3.8, 4) is 17.0 Å². The van der Waals surface area contributed by atoms with Gasteiger partial charge >= 0.3 is 0 Å². The van der Waals surface area contributed by atoms with Gasteiger partial charge in [0.1, 0.15) is 17.4 Å². The van der Waals surface area contributed by atoms with E-state index in [1.54, 1.807) is 29.1 Å². The highest BCUT2D eigenvalue weighted by Gasteiger charge is 2.21. The van der Waals surface area contributed by atoms with Gasteiger partial charge in [0.15, 0.2) is 0 Å². The second-order valence-electron chi connectivity index (χ2n) is 8.04. The number of nitrogens with one attached hydrogen (secondary N) is 1. The Morgan fingerprint density at radius 3 is 2.72 bits per heavy atom. The van der Waals surface area contributed by atoms with E-state index in [-0.39, 0.29) is 5.56 Å². The summed E-state index contributed by atoms with van der Waals surface area (Å²) in [4.78, 5) is 14.9. The molecule has 0 spiro atoms. The first-order valence-corrected chi connectivity index (χ1v) is 10.6. The van der Waals surface area contributed by atoms with E-state index < -0.39 is 17.5 Å². The monoisotopic (exact) mass is 440 g/mol. The lowest BCUT2D eigenvalue weighted by atomic mass is 10.1. The van der Waals surface area contributed by atoms with Crippen LogP contribution in [0.4, 0.5) is 14.5 Å². The Morgan fingerprint density at radius 2 is 2.03 bits per heavy atom. The van der Waals surface area contributed by atoms with Crippen LogP contribution in [0.25, 0.3) is 11.3 Å². The second kappa shape index (κ2) is 9.48. The second-order valence-corrected chi connectivity index (χ2v) is 8.04. The SMILES string of the molecule is CN1CCCC1CCOc1ccc(NC(=O)c2ccc(F)cc2F)cc1-c1ccnn1C. The molecule has 1 aliphatic heterocycles. The van der Waals surface area contributed by atoms with Crippen LogP contribution in [0.1, 0.15) is 29.6 Å². The van der Waals surface area contributed by atoms with E-state index in [0.29, 0.717) is 30.2 Å². The van der Waals surface area contributed by atoms with Gasteiger partial charge in [0, 0.05) is 36.6 Å². The number of amides is 1. The van der Waals surface area contributed by atoms with Crippen molar-refractivity contribution in [1.29, 1.82) is 0 Å². The van der Waals surface area contributed by atoms with Crippen molar-refractivity contribution < 1.29 is 18.3 Å². The minimum absolute atomic E-state index is 0.227. The van der Waals surface area contributed by atoms with Crippen LogP contribution >= 0.6 is 0 Å². The number of nitrogens with zero attached hydrogens (tertiary/aromatic N) is 3. The lowest BCUT2D eigenvalue weighted by molar-refractivity contribution is 0.102. The minimum atomic E-state index is -0.911. The van der Waals surface area contributed by atoms with E-state index in [9.17, 15) is 13.6 Å². The Hall–Kier alpha value is -3.26. The molecule has 8 heteroatoms. The summed E-state index contributed by atoms with van der Waals surface area (Å²) >= 11 is 0. The van der Waals surface area contributed by atoms with Gasteiger partial charge in [-0.05, 0) is 69.3 Å². The van der Waals surface area contributed by atoms with Crippen molar-refractivity contribution in [2.24, 2.45) is 7.05 Å². The third kappa shape index (κ3) is 4.80. The maximum atomic E-state index is 14.0. The summed E-state index contributed by atoms with van der Waals surface area (Å²) < 4.78 is 35.0. The van der Waals surface area contributed by atoms with E-state index >= 15 is 0 Å². The molecule has 1 unspecified atom stereocenters. The van der Waals surface area contributed by atoms with E-state index in [2.05, 4.69) is 22.4 Å². The first kappa shape index (κ1) is 22.0. The van der Waals surface area contributed by atoms with Crippen molar-refractivity contribution in [1.82, 2.24) is 14.7 Å². The number of aromatic nitrogens is 2. The predicted octanol–water partition coefficient (Wildman–Crippen LogP) is 4.48. The number of carbonyl (C=O) groups is 1. The van der Waals surface area contributed by atoms with Gasteiger partial charge in [-0.2, -0.15) is 5.10 Å². The van der Waals surface area contributed by atoms with Crippen molar-refractivity contribution in [2.75, 3.05) is 25.5 Å². The van der Waals surface area contributed by atoms with Gasteiger partial charge < -0.3 is 15.0 Å². The normalized spacial score (nSPS) is 16.3. The van der Waals surface area contributed by atoms with E-state index in [4.69, 9.17) is 4.74 Å². The minimum Gasteiger partial charge on any atom is -0.493 e. The highest BCUT2D eigenvalue weighted by atomic mass is 19.1. The molecule has 1 amide bonds. The lowest BCUT2D eigenvalue weighted by Gasteiger charge is -2.20. The van der Waals surface area contributed by atoms with Crippen LogP contribution in [0.5, 0.6) is 5.75 Å². The molecule has 6 nitrogen and oxygen atoms in total. The number of aryl methyl sites for hydroxylation is 1. The van der Waals surface area contributed by atoms with Crippen molar-refractivity contribution >= 4 is 11.6 Å². The maximum absolute atomic E-state index is 14.0. The van der Waals surface area contributed by atoms with E-state index in [1.807, 2.05) is 13.1 Å². The van der Waals surface area contributed by atoms with Crippen LogP contribution in [0.15, 0.2) is 48.7 Å². The Bertz CT molecular complexity index is 1120. The molecule has 1 aliphatic rings. The topological polar surface area (TPSA) is 59.4 Å². The first-order chi connectivity index (χ1) is 15.4. The van der Waals surface area contributed by atoms with Crippen LogP contribution in [0.2, 0.25) is 0 Å². The summed E-state index contributed by atoms with van der Waals surface area (Å²) in [7, 11) is 3.96.